The molecule has 0 aliphatic heterocycles. The monoisotopic (exact) mass is 381 g/mol. The van der Waals surface area contributed by atoms with Crippen molar-refractivity contribution in [3.63, 3.8) is 0 Å². The van der Waals surface area contributed by atoms with Gasteiger partial charge < -0.3 is 5.32 Å². The number of rotatable bonds is 5. The summed E-state index contributed by atoms with van der Waals surface area (Å²) >= 11 is 6.37. The number of carbonyl (C=O) groups is 1. The summed E-state index contributed by atoms with van der Waals surface area (Å²) in [5.74, 6) is 0.142. The number of aryl methyl sites for hydroxylation is 1. The first-order chi connectivity index (χ1) is 13.0. The lowest BCUT2D eigenvalue weighted by Gasteiger charge is -2.18. The first kappa shape index (κ1) is 18.9. The van der Waals surface area contributed by atoms with Crippen LogP contribution in [0, 0.1) is 6.92 Å². The van der Waals surface area contributed by atoms with Gasteiger partial charge in [-0.1, -0.05) is 54.9 Å². The van der Waals surface area contributed by atoms with Gasteiger partial charge in [-0.05, 0) is 31.5 Å². The van der Waals surface area contributed by atoms with Crippen LogP contribution < -0.4 is 10.7 Å². The normalized spacial score (nSPS) is 10.6. The Kier molecular flexibility index (Phi) is 5.72. The number of hydrogen-bond acceptors (Lipinski definition) is 3. The smallest absolute Gasteiger partial charge is 0.225 e. The summed E-state index contributed by atoms with van der Waals surface area (Å²) in [5, 5.41) is 7.73. The number of halogens is 1. The van der Waals surface area contributed by atoms with Crippen LogP contribution in [0.5, 0.6) is 0 Å². The van der Waals surface area contributed by atoms with Crippen molar-refractivity contribution in [2.45, 2.75) is 26.7 Å². The molecule has 1 N–H and O–H groups in total. The van der Waals surface area contributed by atoms with E-state index in [2.05, 4.69) is 10.4 Å². The summed E-state index contributed by atoms with van der Waals surface area (Å²) < 4.78 is 1.59. The van der Waals surface area contributed by atoms with Crippen LogP contribution in [0.3, 0.4) is 0 Å². The molecule has 3 aromatic rings. The Labute approximate surface area is 162 Å². The van der Waals surface area contributed by atoms with Crippen LogP contribution in [-0.2, 0) is 4.79 Å². The van der Waals surface area contributed by atoms with E-state index in [1.54, 1.807) is 35.9 Å². The van der Waals surface area contributed by atoms with E-state index >= 15 is 0 Å². The van der Waals surface area contributed by atoms with E-state index in [0.717, 1.165) is 5.69 Å². The van der Waals surface area contributed by atoms with Crippen LogP contribution in [0.25, 0.3) is 16.8 Å². The lowest BCUT2D eigenvalue weighted by molar-refractivity contribution is -0.116. The lowest BCUT2D eigenvalue weighted by Crippen LogP contribution is -2.24. The molecular weight excluding hydrogens is 362 g/mol. The van der Waals surface area contributed by atoms with Crippen molar-refractivity contribution in [2.24, 2.45) is 0 Å². The highest BCUT2D eigenvalue weighted by Crippen LogP contribution is 2.32. The zero-order valence-corrected chi connectivity index (χ0v) is 16.0. The third kappa shape index (κ3) is 3.93. The Morgan fingerprint density at radius 2 is 1.78 bits per heavy atom. The van der Waals surface area contributed by atoms with Crippen molar-refractivity contribution in [1.29, 1.82) is 0 Å². The van der Waals surface area contributed by atoms with E-state index in [1.165, 1.54) is 0 Å². The van der Waals surface area contributed by atoms with Gasteiger partial charge in [0, 0.05) is 17.0 Å². The van der Waals surface area contributed by atoms with E-state index in [0.29, 0.717) is 40.5 Å². The Bertz CT molecular complexity index is 1030. The quantitative estimate of drug-likeness (QED) is 0.702. The average Bonchev–Trinajstić information content (AvgIpc) is 2.67. The summed E-state index contributed by atoms with van der Waals surface area (Å²) in [6.07, 6.45) is 1.04. The maximum atomic E-state index is 13.0. The second kappa shape index (κ2) is 8.18. The number of carbonyl (C=O) groups excluding carboxylic acids is 1. The summed E-state index contributed by atoms with van der Waals surface area (Å²) in [7, 11) is 0. The van der Waals surface area contributed by atoms with Crippen molar-refractivity contribution in [1.82, 2.24) is 9.78 Å². The Balaban J connectivity index is 2.34. The predicted molar refractivity (Wildman–Crippen MR) is 109 cm³/mol. The van der Waals surface area contributed by atoms with Crippen LogP contribution >= 0.6 is 11.6 Å². The van der Waals surface area contributed by atoms with Gasteiger partial charge >= 0.3 is 0 Å². The third-order valence-electron chi connectivity index (χ3n) is 4.13. The van der Waals surface area contributed by atoms with Gasteiger partial charge in [0.1, 0.15) is 11.5 Å². The predicted octanol–water partition coefficient (Wildman–Crippen LogP) is 4.60. The largest absolute Gasteiger partial charge is 0.310 e. The number of amides is 1. The second-order valence-corrected chi connectivity index (χ2v) is 6.57. The fourth-order valence-electron chi connectivity index (χ4n) is 2.85. The molecule has 0 fully saturated rings. The molecule has 0 unspecified atom stereocenters. The molecule has 1 aromatic heterocycles. The fraction of sp³-hybridized carbons (Fsp3) is 0.190. The van der Waals surface area contributed by atoms with E-state index < -0.39 is 0 Å². The number of para-hydroxylation sites is 1. The molecule has 3 rings (SSSR count). The van der Waals surface area contributed by atoms with E-state index in [1.807, 2.05) is 37.3 Å². The number of benzene rings is 2. The van der Waals surface area contributed by atoms with Crippen molar-refractivity contribution < 1.29 is 4.79 Å². The van der Waals surface area contributed by atoms with Gasteiger partial charge in [-0.25, -0.2) is 4.68 Å². The van der Waals surface area contributed by atoms with Crippen LogP contribution in [0.15, 0.2) is 59.4 Å². The van der Waals surface area contributed by atoms with Gasteiger partial charge in [0.25, 0.3) is 0 Å². The molecule has 0 saturated heterocycles. The van der Waals surface area contributed by atoms with Gasteiger partial charge in [-0.15, -0.1) is 0 Å². The Morgan fingerprint density at radius 3 is 2.44 bits per heavy atom. The summed E-state index contributed by atoms with van der Waals surface area (Å²) in [6, 6.07) is 16.5. The van der Waals surface area contributed by atoms with Gasteiger partial charge in [-0.3, -0.25) is 9.59 Å². The highest BCUT2D eigenvalue weighted by atomic mass is 35.5. The maximum Gasteiger partial charge on any atom is 0.225 e. The van der Waals surface area contributed by atoms with Crippen molar-refractivity contribution in [3.05, 3.63) is 75.5 Å². The molecular formula is C21H20ClN3O2. The number of nitrogens with zero attached hydrogens (tertiary/aromatic N) is 2. The first-order valence-corrected chi connectivity index (χ1v) is 9.14. The minimum absolute atomic E-state index is 0.180. The molecule has 2 aromatic carbocycles. The minimum Gasteiger partial charge on any atom is -0.310 e. The summed E-state index contributed by atoms with van der Waals surface area (Å²) in [4.78, 5) is 25.4. The first-order valence-electron chi connectivity index (χ1n) is 8.77. The Morgan fingerprint density at radius 1 is 1.11 bits per heavy atom. The number of hydrogen-bond donors (Lipinski definition) is 1. The molecule has 0 aliphatic carbocycles. The van der Waals surface area contributed by atoms with E-state index in [-0.39, 0.29) is 11.3 Å². The van der Waals surface area contributed by atoms with E-state index in [9.17, 15) is 9.59 Å². The molecule has 0 saturated carbocycles. The molecule has 0 spiro atoms. The average molecular weight is 382 g/mol. The zero-order chi connectivity index (χ0) is 19.4. The Hall–Kier alpha value is -2.92. The molecule has 6 heteroatoms. The molecule has 0 bridgehead atoms. The SMILES string of the molecule is CCCC(=O)Nc1c(-c2ccccc2Cl)c(=O)c(C)nn1-c1ccccc1. The lowest BCUT2D eigenvalue weighted by atomic mass is 10.0. The van der Waals surface area contributed by atoms with Crippen molar-refractivity contribution in [2.75, 3.05) is 5.32 Å². The van der Waals surface area contributed by atoms with Gasteiger partial charge in [0.2, 0.25) is 11.3 Å². The third-order valence-corrected chi connectivity index (χ3v) is 4.46. The fourth-order valence-corrected chi connectivity index (χ4v) is 3.08. The van der Waals surface area contributed by atoms with Crippen molar-refractivity contribution >= 4 is 23.3 Å². The molecule has 138 valence electrons. The molecule has 0 radical (unpaired) electrons. The molecule has 0 aliphatic rings. The van der Waals surface area contributed by atoms with Crippen LogP contribution in [0.1, 0.15) is 25.5 Å². The van der Waals surface area contributed by atoms with Crippen molar-refractivity contribution in [3.8, 4) is 16.8 Å². The number of anilines is 1. The van der Waals surface area contributed by atoms with Gasteiger partial charge in [-0.2, -0.15) is 5.10 Å². The summed E-state index contributed by atoms with van der Waals surface area (Å²) in [5.41, 5.74) is 1.69. The molecule has 1 heterocycles. The molecule has 1 amide bonds. The van der Waals surface area contributed by atoms with E-state index in [4.69, 9.17) is 11.6 Å². The topological polar surface area (TPSA) is 64.0 Å². The number of nitrogens with one attached hydrogen (secondary N) is 1. The molecule has 5 nitrogen and oxygen atoms in total. The maximum absolute atomic E-state index is 13.0. The van der Waals surface area contributed by atoms with Gasteiger partial charge in [0.15, 0.2) is 0 Å². The highest BCUT2D eigenvalue weighted by molar-refractivity contribution is 6.33. The van der Waals surface area contributed by atoms with Gasteiger partial charge in [0.05, 0.1) is 11.3 Å². The molecule has 27 heavy (non-hydrogen) atoms. The zero-order valence-electron chi connectivity index (χ0n) is 15.2. The van der Waals surface area contributed by atoms with Crippen LogP contribution in [0.4, 0.5) is 5.82 Å². The highest BCUT2D eigenvalue weighted by Gasteiger charge is 2.21. The summed E-state index contributed by atoms with van der Waals surface area (Å²) in [6.45, 7) is 3.58. The number of aromatic nitrogens is 2. The minimum atomic E-state index is -0.262. The van der Waals surface area contributed by atoms with Crippen LogP contribution in [-0.4, -0.2) is 15.7 Å². The molecule has 0 atom stereocenters. The van der Waals surface area contributed by atoms with Crippen LogP contribution in [0.2, 0.25) is 5.02 Å². The second-order valence-electron chi connectivity index (χ2n) is 6.16. The standard InChI is InChI=1S/C21H20ClN3O2/c1-3-9-18(26)23-21-19(16-12-7-8-13-17(16)22)20(27)14(2)24-25(21)15-10-5-4-6-11-15/h4-8,10-13H,3,9H2,1-2H3,(H,23,26).